The highest BCUT2D eigenvalue weighted by Gasteiger charge is 2.35. The first-order chi connectivity index (χ1) is 11.2. The van der Waals surface area contributed by atoms with E-state index in [4.69, 9.17) is 10.5 Å². The van der Waals surface area contributed by atoms with Gasteiger partial charge in [0.1, 0.15) is 0 Å². The number of amides is 1. The molecule has 1 amide bonds. The van der Waals surface area contributed by atoms with Crippen LogP contribution in [-0.2, 0) is 10.2 Å². The summed E-state index contributed by atoms with van der Waals surface area (Å²) in [4.78, 5) is 20.3. The Morgan fingerprint density at radius 3 is 2.57 bits per heavy atom. The van der Waals surface area contributed by atoms with Crippen LogP contribution in [0.1, 0.15) is 28.9 Å². The first kappa shape index (κ1) is 15.4. The zero-order valence-corrected chi connectivity index (χ0v) is 12.9. The van der Waals surface area contributed by atoms with Gasteiger partial charge < -0.3 is 15.8 Å². The molecule has 23 heavy (non-hydrogen) atoms. The van der Waals surface area contributed by atoms with Gasteiger partial charge >= 0.3 is 0 Å². The van der Waals surface area contributed by atoms with Crippen molar-refractivity contribution in [3.63, 3.8) is 0 Å². The molecule has 0 aliphatic carbocycles. The van der Waals surface area contributed by atoms with Crippen LogP contribution in [0, 0.1) is 0 Å². The van der Waals surface area contributed by atoms with Gasteiger partial charge in [0.15, 0.2) is 11.5 Å². The summed E-state index contributed by atoms with van der Waals surface area (Å²) >= 11 is 0. The molecule has 1 aliphatic heterocycles. The van der Waals surface area contributed by atoms with E-state index in [2.05, 4.69) is 27.4 Å². The van der Waals surface area contributed by atoms with Crippen molar-refractivity contribution in [3.05, 3.63) is 54.0 Å². The van der Waals surface area contributed by atoms with Crippen molar-refractivity contribution in [1.82, 2.24) is 15.3 Å². The minimum Gasteiger partial charge on any atom is -0.382 e. The molecule has 0 atom stereocenters. The lowest BCUT2D eigenvalue weighted by molar-refractivity contribution is 0.0487. The average molecular weight is 312 g/mol. The maximum atomic E-state index is 12.4. The van der Waals surface area contributed by atoms with Gasteiger partial charge in [-0.3, -0.25) is 4.79 Å². The summed E-state index contributed by atoms with van der Waals surface area (Å²) in [5, 5.41) is 2.97. The summed E-state index contributed by atoms with van der Waals surface area (Å²) in [7, 11) is 0. The fourth-order valence-electron chi connectivity index (χ4n) is 2.98. The third-order valence-corrected chi connectivity index (χ3v) is 4.37. The number of ether oxygens (including phenoxy) is 1. The Morgan fingerprint density at radius 1 is 1.17 bits per heavy atom. The van der Waals surface area contributed by atoms with Crippen molar-refractivity contribution < 1.29 is 9.53 Å². The molecule has 1 aromatic carbocycles. The zero-order chi connectivity index (χ0) is 16.1. The second-order valence-electron chi connectivity index (χ2n) is 5.73. The molecule has 0 saturated carbocycles. The molecular formula is C17H20N4O2. The summed E-state index contributed by atoms with van der Waals surface area (Å²) in [5.41, 5.74) is 6.99. The molecule has 3 N–H and O–H groups in total. The molecule has 0 spiro atoms. The predicted molar refractivity (Wildman–Crippen MR) is 87.0 cm³/mol. The summed E-state index contributed by atoms with van der Waals surface area (Å²) < 4.78 is 5.50. The number of hydrogen-bond donors (Lipinski definition) is 2. The highest BCUT2D eigenvalue weighted by Crippen LogP contribution is 2.34. The van der Waals surface area contributed by atoms with E-state index < -0.39 is 0 Å². The highest BCUT2D eigenvalue weighted by molar-refractivity contribution is 5.96. The van der Waals surface area contributed by atoms with Crippen LogP contribution in [0.25, 0.3) is 0 Å². The largest absolute Gasteiger partial charge is 0.382 e. The van der Waals surface area contributed by atoms with Gasteiger partial charge in [-0.05, 0) is 18.4 Å². The molecule has 1 aromatic heterocycles. The minimum atomic E-state index is -0.294. The van der Waals surface area contributed by atoms with E-state index in [1.165, 1.54) is 18.0 Å². The second-order valence-corrected chi connectivity index (χ2v) is 5.73. The molecule has 120 valence electrons. The van der Waals surface area contributed by atoms with E-state index in [0.29, 0.717) is 19.8 Å². The quantitative estimate of drug-likeness (QED) is 0.893. The molecular weight excluding hydrogens is 292 g/mol. The number of anilines is 1. The van der Waals surface area contributed by atoms with E-state index in [9.17, 15) is 4.79 Å². The molecule has 6 heteroatoms. The van der Waals surface area contributed by atoms with Gasteiger partial charge in [-0.1, -0.05) is 30.3 Å². The van der Waals surface area contributed by atoms with Crippen LogP contribution in [0.4, 0.5) is 5.82 Å². The fourth-order valence-corrected chi connectivity index (χ4v) is 2.98. The molecule has 2 aromatic rings. The zero-order valence-electron chi connectivity index (χ0n) is 12.9. The monoisotopic (exact) mass is 312 g/mol. The van der Waals surface area contributed by atoms with Gasteiger partial charge in [-0.25, -0.2) is 9.97 Å². The molecule has 0 bridgehead atoms. The lowest BCUT2D eigenvalue weighted by Crippen LogP contribution is -2.44. The molecule has 1 saturated heterocycles. The number of nitrogens with two attached hydrogens (primary N) is 1. The fraction of sp³-hybridized carbons (Fsp3) is 0.353. The van der Waals surface area contributed by atoms with Crippen LogP contribution < -0.4 is 11.1 Å². The molecule has 2 heterocycles. The van der Waals surface area contributed by atoms with Crippen molar-refractivity contribution in [2.45, 2.75) is 18.3 Å². The highest BCUT2D eigenvalue weighted by atomic mass is 16.5. The summed E-state index contributed by atoms with van der Waals surface area (Å²) in [6.45, 7) is 1.91. The van der Waals surface area contributed by atoms with Crippen LogP contribution in [0.2, 0.25) is 0 Å². The Labute approximate surface area is 135 Å². The number of carbonyl (C=O) groups excluding carboxylic acids is 1. The number of carbonyl (C=O) groups is 1. The van der Waals surface area contributed by atoms with Gasteiger partial charge in [0.2, 0.25) is 0 Å². The Balaban J connectivity index is 1.78. The van der Waals surface area contributed by atoms with E-state index in [1.54, 1.807) is 0 Å². The number of nitrogen functional groups attached to an aromatic ring is 1. The molecule has 1 aliphatic rings. The SMILES string of the molecule is Nc1nccnc1C(=O)NCC1(c2ccccc2)CCOCC1. The van der Waals surface area contributed by atoms with Crippen LogP contribution in [0.3, 0.4) is 0 Å². The van der Waals surface area contributed by atoms with Gasteiger partial charge in [-0.2, -0.15) is 0 Å². The van der Waals surface area contributed by atoms with Crippen molar-refractivity contribution in [1.29, 1.82) is 0 Å². The normalized spacial score (nSPS) is 16.7. The number of rotatable bonds is 4. The van der Waals surface area contributed by atoms with Crippen LogP contribution in [0.15, 0.2) is 42.7 Å². The Bertz CT molecular complexity index is 669. The molecule has 3 rings (SSSR count). The third-order valence-electron chi connectivity index (χ3n) is 4.37. The lowest BCUT2D eigenvalue weighted by atomic mass is 9.74. The number of aromatic nitrogens is 2. The molecule has 0 unspecified atom stereocenters. The molecule has 6 nitrogen and oxygen atoms in total. The van der Waals surface area contributed by atoms with Gasteiger partial charge in [0.05, 0.1) is 0 Å². The Kier molecular flexibility index (Phi) is 4.52. The first-order valence-electron chi connectivity index (χ1n) is 7.69. The number of benzene rings is 1. The van der Waals surface area contributed by atoms with Crippen molar-refractivity contribution >= 4 is 11.7 Å². The van der Waals surface area contributed by atoms with Crippen LogP contribution >= 0.6 is 0 Å². The van der Waals surface area contributed by atoms with Crippen molar-refractivity contribution in [3.8, 4) is 0 Å². The van der Waals surface area contributed by atoms with Gasteiger partial charge in [-0.15, -0.1) is 0 Å². The van der Waals surface area contributed by atoms with E-state index in [1.807, 2.05) is 18.2 Å². The standard InChI is InChI=1S/C17H20N4O2/c18-15-14(19-8-9-20-15)16(22)21-12-17(6-10-23-11-7-17)13-4-2-1-3-5-13/h1-5,8-9H,6-7,10-12H2,(H2,18,20)(H,21,22). The lowest BCUT2D eigenvalue weighted by Gasteiger charge is -2.38. The topological polar surface area (TPSA) is 90.1 Å². The first-order valence-corrected chi connectivity index (χ1v) is 7.69. The van der Waals surface area contributed by atoms with Crippen LogP contribution in [-0.4, -0.2) is 35.6 Å². The van der Waals surface area contributed by atoms with E-state index >= 15 is 0 Å². The maximum absolute atomic E-state index is 12.4. The molecule has 0 radical (unpaired) electrons. The van der Waals surface area contributed by atoms with Crippen molar-refractivity contribution in [2.24, 2.45) is 0 Å². The smallest absolute Gasteiger partial charge is 0.273 e. The Hall–Kier alpha value is -2.47. The summed E-state index contributed by atoms with van der Waals surface area (Å²) in [5.74, 6) is -0.150. The van der Waals surface area contributed by atoms with Gasteiger partial charge in [0, 0.05) is 37.6 Å². The van der Waals surface area contributed by atoms with Crippen molar-refractivity contribution in [2.75, 3.05) is 25.5 Å². The Morgan fingerprint density at radius 2 is 1.87 bits per heavy atom. The van der Waals surface area contributed by atoms with Crippen LogP contribution in [0.5, 0.6) is 0 Å². The number of nitrogens with zero attached hydrogens (tertiary/aromatic N) is 2. The summed E-state index contributed by atoms with van der Waals surface area (Å²) in [6, 6.07) is 10.3. The maximum Gasteiger partial charge on any atom is 0.273 e. The van der Waals surface area contributed by atoms with E-state index in [0.717, 1.165) is 12.8 Å². The van der Waals surface area contributed by atoms with E-state index in [-0.39, 0.29) is 22.8 Å². The predicted octanol–water partition coefficient (Wildman–Crippen LogP) is 1.54. The summed E-state index contributed by atoms with van der Waals surface area (Å²) in [6.07, 6.45) is 4.67. The average Bonchev–Trinajstić information content (AvgIpc) is 2.62. The molecule has 1 fully saturated rings. The second kappa shape index (κ2) is 6.75. The minimum absolute atomic E-state index is 0.119. The third kappa shape index (κ3) is 3.32. The number of hydrogen-bond acceptors (Lipinski definition) is 5. The van der Waals surface area contributed by atoms with Gasteiger partial charge in [0.25, 0.3) is 5.91 Å². The number of nitrogens with one attached hydrogen (secondary N) is 1.